The van der Waals surface area contributed by atoms with Gasteiger partial charge in [-0.3, -0.25) is 4.79 Å². The molecule has 1 atom stereocenters. The zero-order chi connectivity index (χ0) is 15.2. The van der Waals surface area contributed by atoms with E-state index in [1.165, 1.54) is 20.6 Å². The van der Waals surface area contributed by atoms with Crippen LogP contribution in [0.4, 0.5) is 0 Å². The second-order valence-electron chi connectivity index (χ2n) is 5.14. The first-order valence-corrected chi connectivity index (χ1v) is 7.59. The molecular formula is C16H21ClO4. The predicted octanol–water partition coefficient (Wildman–Crippen LogP) is 3.89. The van der Waals surface area contributed by atoms with E-state index in [1.54, 1.807) is 12.1 Å². The molecule has 1 aromatic carbocycles. The summed E-state index contributed by atoms with van der Waals surface area (Å²) in [7, 11) is 3.08. The summed E-state index contributed by atoms with van der Waals surface area (Å²) >= 11 is 6.17. The molecule has 1 saturated heterocycles. The molecule has 4 nitrogen and oxygen atoms in total. The molecule has 0 spiro atoms. The minimum Gasteiger partial charge on any atom is -0.493 e. The number of methoxy groups -OCH3 is 2. The summed E-state index contributed by atoms with van der Waals surface area (Å²) < 4.78 is 16.0. The highest BCUT2D eigenvalue weighted by atomic mass is 35.5. The van der Waals surface area contributed by atoms with Gasteiger partial charge >= 0.3 is 0 Å². The van der Waals surface area contributed by atoms with Gasteiger partial charge in [-0.15, -0.1) is 0 Å². The van der Waals surface area contributed by atoms with Gasteiger partial charge < -0.3 is 14.2 Å². The van der Waals surface area contributed by atoms with Crippen molar-refractivity contribution in [3.05, 3.63) is 22.7 Å². The van der Waals surface area contributed by atoms with E-state index in [1.807, 2.05) is 0 Å². The molecular weight excluding hydrogens is 292 g/mol. The summed E-state index contributed by atoms with van der Waals surface area (Å²) in [6, 6.07) is 3.26. The third-order valence-electron chi connectivity index (χ3n) is 3.74. The van der Waals surface area contributed by atoms with Crippen LogP contribution in [0, 0.1) is 0 Å². The van der Waals surface area contributed by atoms with E-state index < -0.39 is 0 Å². The third kappa shape index (κ3) is 4.11. The van der Waals surface area contributed by atoms with Crippen molar-refractivity contribution >= 4 is 17.4 Å². The molecule has 1 heterocycles. The van der Waals surface area contributed by atoms with Gasteiger partial charge in [0.1, 0.15) is 0 Å². The Hall–Kier alpha value is -1.26. The summed E-state index contributed by atoms with van der Waals surface area (Å²) in [5.74, 6) is 1.05. The molecule has 116 valence electrons. The van der Waals surface area contributed by atoms with Crippen LogP contribution in [0.25, 0.3) is 0 Å². The van der Waals surface area contributed by atoms with Gasteiger partial charge in [0.05, 0.1) is 25.3 Å². The van der Waals surface area contributed by atoms with Crippen molar-refractivity contribution in [1.29, 1.82) is 0 Å². The molecule has 1 unspecified atom stereocenters. The van der Waals surface area contributed by atoms with Crippen molar-refractivity contribution in [3.63, 3.8) is 0 Å². The monoisotopic (exact) mass is 312 g/mol. The number of rotatable bonds is 6. The van der Waals surface area contributed by atoms with Gasteiger partial charge in [-0.05, 0) is 31.7 Å². The summed E-state index contributed by atoms with van der Waals surface area (Å²) in [6.45, 7) is 0.802. The average molecular weight is 313 g/mol. The first-order valence-electron chi connectivity index (χ1n) is 7.22. The van der Waals surface area contributed by atoms with E-state index >= 15 is 0 Å². The maximum Gasteiger partial charge on any atom is 0.164 e. The summed E-state index contributed by atoms with van der Waals surface area (Å²) in [4.78, 5) is 12.3. The molecule has 0 aromatic heterocycles. The highest BCUT2D eigenvalue weighted by Crippen LogP contribution is 2.34. The molecule has 0 saturated carbocycles. The van der Waals surface area contributed by atoms with Gasteiger partial charge in [-0.1, -0.05) is 11.6 Å². The van der Waals surface area contributed by atoms with Crippen LogP contribution in [-0.4, -0.2) is 32.7 Å². The number of hydrogen-bond acceptors (Lipinski definition) is 4. The number of carbonyl (C=O) groups is 1. The Balaban J connectivity index is 2.04. The highest BCUT2D eigenvalue weighted by Gasteiger charge is 2.19. The first kappa shape index (κ1) is 16.1. The molecule has 0 amide bonds. The van der Waals surface area contributed by atoms with Crippen LogP contribution in [0.5, 0.6) is 11.5 Å². The Labute approximate surface area is 130 Å². The molecule has 0 aliphatic carbocycles. The number of benzene rings is 1. The molecule has 1 aliphatic heterocycles. The molecule has 0 radical (unpaired) electrons. The van der Waals surface area contributed by atoms with Gasteiger partial charge in [0.15, 0.2) is 17.3 Å². The lowest BCUT2D eigenvalue weighted by Crippen LogP contribution is -2.20. The minimum atomic E-state index is 0.00938. The smallest absolute Gasteiger partial charge is 0.164 e. The molecule has 1 fully saturated rings. The third-order valence-corrected chi connectivity index (χ3v) is 4.05. The van der Waals surface area contributed by atoms with Gasteiger partial charge in [0.25, 0.3) is 0 Å². The van der Waals surface area contributed by atoms with E-state index in [9.17, 15) is 4.79 Å². The maximum absolute atomic E-state index is 12.3. The largest absolute Gasteiger partial charge is 0.493 e. The van der Waals surface area contributed by atoms with E-state index in [0.717, 1.165) is 25.9 Å². The topological polar surface area (TPSA) is 44.8 Å². The second kappa shape index (κ2) is 7.66. The van der Waals surface area contributed by atoms with Crippen LogP contribution in [0.1, 0.15) is 42.5 Å². The second-order valence-corrected chi connectivity index (χ2v) is 5.54. The zero-order valence-electron chi connectivity index (χ0n) is 12.5. The van der Waals surface area contributed by atoms with Gasteiger partial charge in [-0.25, -0.2) is 0 Å². The minimum absolute atomic E-state index is 0.00938. The summed E-state index contributed by atoms with van der Waals surface area (Å²) in [5.41, 5.74) is 0.477. The van der Waals surface area contributed by atoms with Gasteiger partial charge in [0.2, 0.25) is 0 Å². The quantitative estimate of drug-likeness (QED) is 0.748. The molecule has 5 heteroatoms. The lowest BCUT2D eigenvalue weighted by molar-refractivity contribution is 0.0104. The van der Waals surface area contributed by atoms with Gasteiger partial charge in [-0.2, -0.15) is 0 Å². The van der Waals surface area contributed by atoms with Crippen LogP contribution >= 0.6 is 11.6 Å². The summed E-state index contributed by atoms with van der Waals surface area (Å²) in [5, 5.41) is 0.391. The fraction of sp³-hybridized carbons (Fsp3) is 0.562. The van der Waals surface area contributed by atoms with Crippen LogP contribution in [0.2, 0.25) is 5.02 Å². The lowest BCUT2D eigenvalue weighted by Gasteiger charge is -2.22. The van der Waals surface area contributed by atoms with Crippen molar-refractivity contribution in [3.8, 4) is 11.5 Å². The predicted molar refractivity (Wildman–Crippen MR) is 81.7 cm³/mol. The van der Waals surface area contributed by atoms with Crippen LogP contribution in [0.3, 0.4) is 0 Å². The van der Waals surface area contributed by atoms with Gasteiger partial charge in [0, 0.05) is 24.7 Å². The Bertz CT molecular complexity index is 495. The Kier molecular flexibility index (Phi) is 5.88. The number of halogens is 1. The Morgan fingerprint density at radius 2 is 2.00 bits per heavy atom. The fourth-order valence-electron chi connectivity index (χ4n) is 2.53. The van der Waals surface area contributed by atoms with E-state index in [0.29, 0.717) is 28.5 Å². The standard InChI is InChI=1S/C16H21ClO4/c1-19-15-9-12(13(17)10-16(15)20-2)14(18)7-6-11-5-3-4-8-21-11/h9-11H,3-8H2,1-2H3. The zero-order valence-corrected chi connectivity index (χ0v) is 13.2. The summed E-state index contributed by atoms with van der Waals surface area (Å²) in [6.07, 6.45) is 4.69. The molecule has 2 rings (SSSR count). The number of carbonyl (C=O) groups excluding carboxylic acids is 1. The number of ketones is 1. The van der Waals surface area contributed by atoms with Crippen LogP contribution in [-0.2, 0) is 4.74 Å². The van der Waals surface area contributed by atoms with Crippen molar-refractivity contribution in [2.45, 2.75) is 38.2 Å². The average Bonchev–Trinajstić information content (AvgIpc) is 2.53. The van der Waals surface area contributed by atoms with Crippen molar-refractivity contribution < 1.29 is 19.0 Å². The van der Waals surface area contributed by atoms with E-state index in [4.69, 9.17) is 25.8 Å². The number of Topliss-reactive ketones (excluding diaryl/α,β-unsaturated/α-hetero) is 1. The molecule has 0 bridgehead atoms. The number of ether oxygens (including phenoxy) is 3. The molecule has 1 aromatic rings. The maximum atomic E-state index is 12.3. The first-order chi connectivity index (χ1) is 10.2. The molecule has 0 N–H and O–H groups in total. The Morgan fingerprint density at radius 3 is 2.62 bits per heavy atom. The number of hydrogen-bond donors (Lipinski definition) is 0. The molecule has 1 aliphatic rings. The highest BCUT2D eigenvalue weighted by molar-refractivity contribution is 6.34. The Morgan fingerprint density at radius 1 is 1.29 bits per heavy atom. The fourth-order valence-corrected chi connectivity index (χ4v) is 2.79. The van der Waals surface area contributed by atoms with Crippen molar-refractivity contribution in [2.75, 3.05) is 20.8 Å². The van der Waals surface area contributed by atoms with Crippen molar-refractivity contribution in [1.82, 2.24) is 0 Å². The van der Waals surface area contributed by atoms with Crippen LogP contribution < -0.4 is 9.47 Å². The van der Waals surface area contributed by atoms with E-state index in [2.05, 4.69) is 0 Å². The lowest BCUT2D eigenvalue weighted by atomic mass is 10.00. The SMILES string of the molecule is COc1cc(Cl)c(C(=O)CCC2CCCCO2)cc1OC. The van der Waals surface area contributed by atoms with Crippen LogP contribution in [0.15, 0.2) is 12.1 Å². The van der Waals surface area contributed by atoms with E-state index in [-0.39, 0.29) is 11.9 Å². The van der Waals surface area contributed by atoms with Crippen molar-refractivity contribution in [2.24, 2.45) is 0 Å². The molecule has 21 heavy (non-hydrogen) atoms. The normalized spacial score (nSPS) is 18.3.